The fourth-order valence-electron chi connectivity index (χ4n) is 3.17. The summed E-state index contributed by atoms with van der Waals surface area (Å²) < 4.78 is 33.0. The minimum Gasteiger partial charge on any atom is -0.503 e. The van der Waals surface area contributed by atoms with Gasteiger partial charge in [0.05, 0.1) is 6.54 Å². The quantitative estimate of drug-likeness (QED) is 0.882. The predicted molar refractivity (Wildman–Crippen MR) is 86.1 cm³/mol. The number of phenols is 1. The van der Waals surface area contributed by atoms with Crippen LogP contribution in [0.4, 0.5) is 8.78 Å². The Morgan fingerprint density at radius 1 is 1.28 bits per heavy atom. The van der Waals surface area contributed by atoms with Crippen LogP contribution in [0, 0.1) is 17.6 Å². The van der Waals surface area contributed by atoms with E-state index in [1.165, 1.54) is 0 Å². The van der Waals surface area contributed by atoms with Gasteiger partial charge in [0.25, 0.3) is 5.91 Å². The monoisotopic (exact) mass is 347 g/mol. The first-order valence-electron chi connectivity index (χ1n) is 8.51. The van der Waals surface area contributed by atoms with E-state index in [4.69, 9.17) is 4.42 Å². The van der Waals surface area contributed by atoms with E-state index in [1.807, 2.05) is 12.1 Å². The average Bonchev–Trinajstić information content (AvgIpc) is 3.50. The molecule has 2 fully saturated rings. The molecule has 4 rings (SSSR count). The molecule has 2 aliphatic carbocycles. The zero-order valence-electron chi connectivity index (χ0n) is 13.8. The van der Waals surface area contributed by atoms with Crippen molar-refractivity contribution in [2.24, 2.45) is 5.92 Å². The molecule has 2 aliphatic rings. The Bertz CT molecular complexity index is 805. The van der Waals surface area contributed by atoms with Gasteiger partial charge < -0.3 is 14.4 Å². The van der Waals surface area contributed by atoms with Crippen LogP contribution in [-0.2, 0) is 6.54 Å². The van der Waals surface area contributed by atoms with Gasteiger partial charge in [0.15, 0.2) is 17.4 Å². The fourth-order valence-corrected chi connectivity index (χ4v) is 3.17. The van der Waals surface area contributed by atoms with Gasteiger partial charge in [-0.2, -0.15) is 0 Å². The van der Waals surface area contributed by atoms with Crippen LogP contribution in [-0.4, -0.2) is 22.0 Å². The van der Waals surface area contributed by atoms with Crippen LogP contribution in [0.15, 0.2) is 28.7 Å². The molecule has 0 spiro atoms. The summed E-state index contributed by atoms with van der Waals surface area (Å²) in [5.74, 6) is -1.10. The van der Waals surface area contributed by atoms with Crippen LogP contribution in [0.2, 0.25) is 0 Å². The van der Waals surface area contributed by atoms with E-state index in [-0.39, 0.29) is 18.2 Å². The molecule has 0 aliphatic heterocycles. The molecule has 0 radical (unpaired) electrons. The standard InChI is InChI=1S/C19H19F2NO3/c1-10-6-14(10)17-5-4-13(25-17)9-22(12-2-3-12)19(24)11-7-15(20)18(23)16(21)8-11/h4-5,7-8,10,12,14,23H,2-3,6,9H2,1H3/t10-,14-/m1/s1. The molecule has 2 saturated carbocycles. The zero-order chi connectivity index (χ0) is 17.7. The second-order valence-electron chi connectivity index (χ2n) is 7.08. The van der Waals surface area contributed by atoms with Gasteiger partial charge >= 0.3 is 0 Å². The lowest BCUT2D eigenvalue weighted by molar-refractivity contribution is 0.0715. The number of rotatable bonds is 5. The molecule has 25 heavy (non-hydrogen) atoms. The summed E-state index contributed by atoms with van der Waals surface area (Å²) in [5.41, 5.74) is -0.109. The normalized spacial score (nSPS) is 22.0. The number of hydrogen-bond donors (Lipinski definition) is 1. The number of phenolic OH excluding ortho intramolecular Hbond substituents is 1. The smallest absolute Gasteiger partial charge is 0.254 e. The molecule has 2 atom stereocenters. The highest BCUT2D eigenvalue weighted by Crippen LogP contribution is 2.47. The summed E-state index contributed by atoms with van der Waals surface area (Å²) in [4.78, 5) is 14.3. The third-order valence-corrected chi connectivity index (χ3v) is 5.00. The number of furan rings is 1. The molecule has 0 unspecified atom stereocenters. The van der Waals surface area contributed by atoms with E-state index in [1.54, 1.807) is 4.90 Å². The zero-order valence-corrected chi connectivity index (χ0v) is 13.8. The maximum atomic E-state index is 13.6. The molecule has 4 nitrogen and oxygen atoms in total. The summed E-state index contributed by atoms with van der Waals surface area (Å²) in [6.07, 6.45) is 2.84. The first-order chi connectivity index (χ1) is 11.9. The number of halogens is 2. The highest BCUT2D eigenvalue weighted by Gasteiger charge is 2.38. The lowest BCUT2D eigenvalue weighted by atomic mass is 10.1. The third kappa shape index (κ3) is 3.13. The number of hydrogen-bond acceptors (Lipinski definition) is 3. The van der Waals surface area contributed by atoms with Crippen molar-refractivity contribution >= 4 is 5.91 Å². The second kappa shape index (κ2) is 5.86. The number of benzene rings is 1. The van der Waals surface area contributed by atoms with Gasteiger partial charge in [-0.15, -0.1) is 0 Å². The predicted octanol–water partition coefficient (Wildman–Crippen LogP) is 4.19. The van der Waals surface area contributed by atoms with E-state index in [2.05, 4.69) is 6.92 Å². The number of carbonyl (C=O) groups excluding carboxylic acids is 1. The first-order valence-corrected chi connectivity index (χ1v) is 8.51. The minimum atomic E-state index is -1.14. The van der Waals surface area contributed by atoms with Crippen LogP contribution >= 0.6 is 0 Å². The fraction of sp³-hybridized carbons (Fsp3) is 0.421. The molecule has 0 saturated heterocycles. The molecule has 2 aromatic rings. The summed E-state index contributed by atoms with van der Waals surface area (Å²) in [6, 6.07) is 5.60. The second-order valence-corrected chi connectivity index (χ2v) is 7.08. The van der Waals surface area contributed by atoms with Gasteiger partial charge in [0.2, 0.25) is 0 Å². The average molecular weight is 347 g/mol. The van der Waals surface area contributed by atoms with Gasteiger partial charge in [0, 0.05) is 17.5 Å². The molecule has 1 N–H and O–H groups in total. The summed E-state index contributed by atoms with van der Waals surface area (Å²) in [7, 11) is 0. The van der Waals surface area contributed by atoms with Crippen molar-refractivity contribution < 1.29 is 23.1 Å². The Labute approximate surface area is 144 Å². The van der Waals surface area contributed by atoms with Gasteiger partial charge in [-0.3, -0.25) is 4.79 Å². The van der Waals surface area contributed by atoms with Crippen LogP contribution < -0.4 is 0 Å². The van der Waals surface area contributed by atoms with E-state index in [9.17, 15) is 18.7 Å². The lowest BCUT2D eigenvalue weighted by Crippen LogP contribution is -2.32. The Morgan fingerprint density at radius 3 is 2.48 bits per heavy atom. The summed E-state index contributed by atoms with van der Waals surface area (Å²) in [5, 5.41) is 9.20. The van der Waals surface area contributed by atoms with Crippen molar-refractivity contribution in [2.75, 3.05) is 0 Å². The number of aromatic hydroxyl groups is 1. The molecule has 0 bridgehead atoms. The Balaban J connectivity index is 1.55. The lowest BCUT2D eigenvalue weighted by Gasteiger charge is -2.21. The van der Waals surface area contributed by atoms with E-state index in [0.29, 0.717) is 17.6 Å². The van der Waals surface area contributed by atoms with Crippen molar-refractivity contribution in [3.05, 3.63) is 53.0 Å². The molecule has 132 valence electrons. The maximum absolute atomic E-state index is 13.6. The molecular weight excluding hydrogens is 328 g/mol. The maximum Gasteiger partial charge on any atom is 0.254 e. The molecule has 1 aromatic heterocycles. The molecule has 1 amide bonds. The van der Waals surface area contributed by atoms with E-state index in [0.717, 1.165) is 37.2 Å². The van der Waals surface area contributed by atoms with Crippen molar-refractivity contribution in [3.8, 4) is 5.75 Å². The van der Waals surface area contributed by atoms with E-state index >= 15 is 0 Å². The van der Waals surface area contributed by atoms with Crippen molar-refractivity contribution in [2.45, 2.75) is 44.7 Å². The highest BCUT2D eigenvalue weighted by molar-refractivity contribution is 5.94. The largest absolute Gasteiger partial charge is 0.503 e. The van der Waals surface area contributed by atoms with Crippen LogP contribution in [0.5, 0.6) is 5.75 Å². The van der Waals surface area contributed by atoms with Gasteiger partial charge in [-0.05, 0) is 49.4 Å². The summed E-state index contributed by atoms with van der Waals surface area (Å²) in [6.45, 7) is 2.44. The van der Waals surface area contributed by atoms with Gasteiger partial charge in [0.1, 0.15) is 11.5 Å². The van der Waals surface area contributed by atoms with Crippen LogP contribution in [0.25, 0.3) is 0 Å². The molecular formula is C19H19F2NO3. The minimum absolute atomic E-state index is 0.0563. The van der Waals surface area contributed by atoms with Gasteiger partial charge in [-0.25, -0.2) is 8.78 Å². The van der Waals surface area contributed by atoms with Crippen molar-refractivity contribution in [1.29, 1.82) is 0 Å². The third-order valence-electron chi connectivity index (χ3n) is 5.00. The molecule has 1 aromatic carbocycles. The van der Waals surface area contributed by atoms with Crippen LogP contribution in [0.1, 0.15) is 54.0 Å². The summed E-state index contributed by atoms with van der Waals surface area (Å²) >= 11 is 0. The number of carbonyl (C=O) groups is 1. The molecule has 1 heterocycles. The SMILES string of the molecule is C[C@@H]1C[C@H]1c1ccc(CN(C(=O)c2cc(F)c(O)c(F)c2)C2CC2)o1. The number of nitrogens with zero attached hydrogens (tertiary/aromatic N) is 1. The number of amides is 1. The van der Waals surface area contributed by atoms with Crippen molar-refractivity contribution in [3.63, 3.8) is 0 Å². The topological polar surface area (TPSA) is 53.7 Å². The van der Waals surface area contributed by atoms with Gasteiger partial charge in [-0.1, -0.05) is 6.92 Å². The Hall–Kier alpha value is -2.37. The first kappa shape index (κ1) is 16.1. The van der Waals surface area contributed by atoms with Crippen molar-refractivity contribution in [1.82, 2.24) is 4.90 Å². The van der Waals surface area contributed by atoms with Crippen LogP contribution in [0.3, 0.4) is 0 Å². The highest BCUT2D eigenvalue weighted by atomic mass is 19.1. The van der Waals surface area contributed by atoms with E-state index < -0.39 is 23.3 Å². The Kier molecular flexibility index (Phi) is 3.78. The Morgan fingerprint density at radius 2 is 1.92 bits per heavy atom. The molecule has 6 heteroatoms.